The van der Waals surface area contributed by atoms with Crippen LogP contribution < -0.4 is 29.6 Å². The van der Waals surface area contributed by atoms with E-state index in [0.717, 1.165) is 77.0 Å². The quantitative estimate of drug-likeness (QED) is 0.0872. The van der Waals surface area contributed by atoms with Gasteiger partial charge in [-0.2, -0.15) is 0 Å². The minimum atomic E-state index is -3.92. The molecule has 0 amide bonds. The molecule has 0 unspecified atom stereocenters. The molecule has 0 aliphatic carbocycles. The fourth-order valence-electron chi connectivity index (χ4n) is 5.68. The highest BCUT2D eigenvalue weighted by Crippen LogP contribution is 2.21. The van der Waals surface area contributed by atoms with Crippen LogP contribution in [0.4, 0.5) is 11.4 Å². The van der Waals surface area contributed by atoms with E-state index in [-0.39, 0.29) is 0 Å². The van der Waals surface area contributed by atoms with Crippen LogP contribution in [0.3, 0.4) is 0 Å². The van der Waals surface area contributed by atoms with Crippen LogP contribution in [-0.2, 0) is 33.3 Å². The third-order valence-electron chi connectivity index (χ3n) is 8.47. The molecule has 56 heavy (non-hydrogen) atoms. The molecule has 12 nitrogen and oxygen atoms in total. The summed E-state index contributed by atoms with van der Waals surface area (Å²) in [6.07, 6.45) is 18.7. The fraction of sp³-hybridized carbons (Fsp3) is 0.350. The SMILES string of the molecule is C(=C\c1cc[n+](CCSSCC[n+]2ccc(/C=C/c3ccc(N4CCNCC4)cc3)cc2)cc1)/c1ccc(N2CCNCC2)cc1.CS(=O)(=O)[O-].CS(=O)(=O)[O-]. The van der Waals surface area contributed by atoms with E-state index in [1.165, 1.54) is 33.6 Å². The van der Waals surface area contributed by atoms with Gasteiger partial charge in [0.05, 0.1) is 31.7 Å². The third-order valence-corrected chi connectivity index (χ3v) is 10.8. The predicted octanol–water partition coefficient (Wildman–Crippen LogP) is 3.83. The zero-order chi connectivity index (χ0) is 40.2. The van der Waals surface area contributed by atoms with Gasteiger partial charge in [0.25, 0.3) is 0 Å². The number of aryl methyl sites for hydroxylation is 2. The molecular weight excluding hydrogens is 789 g/mol. The Morgan fingerprint density at radius 2 is 0.804 bits per heavy atom. The van der Waals surface area contributed by atoms with Gasteiger partial charge in [-0.05, 0) is 46.5 Å². The molecule has 4 aromatic rings. The van der Waals surface area contributed by atoms with Crippen molar-refractivity contribution in [2.45, 2.75) is 13.1 Å². The smallest absolute Gasteiger partial charge is 0.169 e. The van der Waals surface area contributed by atoms with E-state index in [2.05, 4.69) is 151 Å². The second-order valence-corrected chi connectivity index (χ2v) is 18.6. The molecule has 302 valence electrons. The van der Waals surface area contributed by atoms with E-state index in [1.54, 1.807) is 0 Å². The molecule has 0 radical (unpaired) electrons. The molecule has 0 bridgehead atoms. The number of anilines is 2. The molecule has 2 aromatic heterocycles. The topological polar surface area (TPSA) is 153 Å². The molecule has 6 rings (SSSR count). The molecule has 2 aliphatic heterocycles. The molecule has 2 aliphatic rings. The number of hydrogen-bond acceptors (Lipinski definition) is 12. The number of nitrogens with one attached hydrogen (secondary N) is 2. The summed E-state index contributed by atoms with van der Waals surface area (Å²) in [5, 5.41) is 6.83. The zero-order valence-corrected chi connectivity index (χ0v) is 35.2. The van der Waals surface area contributed by atoms with Crippen LogP contribution in [0.5, 0.6) is 0 Å². The van der Waals surface area contributed by atoms with Gasteiger partial charge in [-0.3, -0.25) is 0 Å². The van der Waals surface area contributed by atoms with Crippen molar-refractivity contribution < 1.29 is 35.1 Å². The van der Waals surface area contributed by atoms with E-state index >= 15 is 0 Å². The van der Waals surface area contributed by atoms with Crippen molar-refractivity contribution in [3.63, 3.8) is 0 Å². The number of benzene rings is 2. The molecule has 0 saturated carbocycles. The van der Waals surface area contributed by atoms with Crippen molar-refractivity contribution in [2.75, 3.05) is 86.2 Å². The van der Waals surface area contributed by atoms with E-state index in [9.17, 15) is 0 Å². The highest BCUT2D eigenvalue weighted by Gasteiger charge is 2.11. The first-order chi connectivity index (χ1) is 26.8. The lowest BCUT2D eigenvalue weighted by Crippen LogP contribution is -2.43. The predicted molar refractivity (Wildman–Crippen MR) is 230 cm³/mol. The summed E-state index contributed by atoms with van der Waals surface area (Å²) in [6.45, 7) is 10.6. The molecule has 2 N–H and O–H groups in total. The number of aromatic nitrogens is 2. The van der Waals surface area contributed by atoms with Crippen LogP contribution in [-0.4, -0.2) is 102 Å². The lowest BCUT2D eigenvalue weighted by molar-refractivity contribution is -0.692. The van der Waals surface area contributed by atoms with Gasteiger partial charge in [0.15, 0.2) is 37.9 Å². The van der Waals surface area contributed by atoms with Crippen molar-refractivity contribution in [1.82, 2.24) is 10.6 Å². The Labute approximate surface area is 340 Å². The monoisotopic (exact) mass is 840 g/mol. The fourth-order valence-corrected chi connectivity index (χ4v) is 7.65. The zero-order valence-electron chi connectivity index (χ0n) is 31.9. The molecule has 2 aromatic carbocycles. The van der Waals surface area contributed by atoms with Gasteiger partial charge < -0.3 is 29.5 Å². The van der Waals surface area contributed by atoms with Crippen LogP contribution in [0.1, 0.15) is 22.3 Å². The number of hydrogen-bond donors (Lipinski definition) is 2. The van der Waals surface area contributed by atoms with Gasteiger partial charge in [-0.15, -0.1) is 0 Å². The summed E-state index contributed by atoms with van der Waals surface area (Å²) in [5.41, 5.74) is 7.55. The lowest BCUT2D eigenvalue weighted by atomic mass is 10.1. The van der Waals surface area contributed by atoms with Crippen LogP contribution in [0, 0.1) is 0 Å². The van der Waals surface area contributed by atoms with Crippen molar-refractivity contribution in [3.05, 3.63) is 120 Å². The number of piperazine rings is 2. The highest BCUT2D eigenvalue weighted by atomic mass is 33.1. The Morgan fingerprint density at radius 1 is 0.536 bits per heavy atom. The summed E-state index contributed by atoms with van der Waals surface area (Å²) in [4.78, 5) is 4.89. The van der Waals surface area contributed by atoms with Crippen molar-refractivity contribution in [2.24, 2.45) is 0 Å². The lowest BCUT2D eigenvalue weighted by Gasteiger charge is -2.29. The van der Waals surface area contributed by atoms with Gasteiger partial charge in [0, 0.05) is 101 Å². The maximum absolute atomic E-state index is 9.08. The molecule has 2 saturated heterocycles. The second kappa shape index (κ2) is 23.5. The minimum absolute atomic E-state index is 0.604. The first-order valence-electron chi connectivity index (χ1n) is 18.3. The first-order valence-corrected chi connectivity index (χ1v) is 24.4. The summed E-state index contributed by atoms with van der Waals surface area (Å²) >= 11 is 0. The van der Waals surface area contributed by atoms with E-state index < -0.39 is 20.2 Å². The molecule has 0 atom stereocenters. The molecule has 4 heterocycles. The largest absolute Gasteiger partial charge is 0.748 e. The van der Waals surface area contributed by atoms with E-state index in [0.29, 0.717) is 12.5 Å². The van der Waals surface area contributed by atoms with Crippen molar-refractivity contribution in [1.29, 1.82) is 0 Å². The molecular formula is C40H52N6O6S4. The standard InChI is InChI=1S/C38H46N6S2.2CH4O3S/c1(33-5-9-37(10-6-33)43-25-17-39-18-26-43)3-35-13-21-41(22-14-35)29-31-45-46-32-30-42-23-15-36(16-24-42)4-2-34-7-11-38(12-8-34)44-27-19-40-20-28-44;2*1-5(2,3)4/h1-16,21-24,39-40H,17-20,25-32H2;2*1H3,(H,2,3,4)/q+2;;/p-2. The summed E-state index contributed by atoms with van der Waals surface area (Å²) < 4.78 is 59.0. The number of rotatable bonds is 13. The Balaban J connectivity index is 0.000000620. The van der Waals surface area contributed by atoms with Crippen LogP contribution in [0.25, 0.3) is 24.3 Å². The van der Waals surface area contributed by atoms with E-state index in [1.807, 2.05) is 21.6 Å². The molecule has 16 heteroatoms. The first kappa shape index (κ1) is 45.0. The average Bonchev–Trinajstić information content (AvgIpc) is 3.18. The van der Waals surface area contributed by atoms with Crippen molar-refractivity contribution >= 4 is 77.5 Å². The summed E-state index contributed by atoms with van der Waals surface area (Å²) in [5.74, 6) is 2.18. The maximum atomic E-state index is 9.08. The third kappa shape index (κ3) is 19.4. The Hall–Kier alpha value is -3.74. The molecule has 0 spiro atoms. The minimum Gasteiger partial charge on any atom is -0.748 e. The van der Waals surface area contributed by atoms with Crippen LogP contribution >= 0.6 is 21.6 Å². The van der Waals surface area contributed by atoms with E-state index in [4.69, 9.17) is 25.9 Å². The average molecular weight is 841 g/mol. The van der Waals surface area contributed by atoms with Crippen molar-refractivity contribution in [3.8, 4) is 0 Å². The second-order valence-electron chi connectivity index (χ2n) is 13.1. The Bertz CT molecular complexity index is 1850. The number of nitrogens with zero attached hydrogens (tertiary/aromatic N) is 4. The van der Waals surface area contributed by atoms with Crippen LogP contribution in [0.2, 0.25) is 0 Å². The van der Waals surface area contributed by atoms with Gasteiger partial charge in [-0.1, -0.05) is 70.2 Å². The van der Waals surface area contributed by atoms with Crippen LogP contribution in [0.15, 0.2) is 97.6 Å². The molecule has 2 fully saturated rings. The van der Waals surface area contributed by atoms with Gasteiger partial charge >= 0.3 is 0 Å². The maximum Gasteiger partial charge on any atom is 0.169 e. The number of pyridine rings is 2. The van der Waals surface area contributed by atoms with Gasteiger partial charge in [-0.25, -0.2) is 26.0 Å². The summed E-state index contributed by atoms with van der Waals surface area (Å²) in [6, 6.07) is 26.6. The van der Waals surface area contributed by atoms with Gasteiger partial charge in [0.1, 0.15) is 0 Å². The Morgan fingerprint density at radius 3 is 1.09 bits per heavy atom. The normalized spacial score (nSPS) is 14.9. The van der Waals surface area contributed by atoms with Gasteiger partial charge in [0.2, 0.25) is 0 Å². The summed E-state index contributed by atoms with van der Waals surface area (Å²) in [7, 11) is -3.93. The highest BCUT2D eigenvalue weighted by molar-refractivity contribution is 8.76. The Kier molecular flexibility index (Phi) is 18.9.